The average Bonchev–Trinajstić information content (AvgIpc) is 1.85. The molecule has 0 amide bonds. The van der Waals surface area contributed by atoms with Gasteiger partial charge in [0.25, 0.3) is 0 Å². The Labute approximate surface area is 59.0 Å². The van der Waals surface area contributed by atoms with E-state index in [2.05, 4.69) is 4.74 Å². The second-order valence-electron chi connectivity index (χ2n) is 2.17. The van der Waals surface area contributed by atoms with Gasteiger partial charge in [-0.25, -0.2) is 0 Å². The highest BCUT2D eigenvalue weighted by molar-refractivity contribution is 5.66. The molecule has 0 bridgehead atoms. The van der Waals surface area contributed by atoms with Crippen LogP contribution in [0.5, 0.6) is 0 Å². The molecule has 1 atom stereocenters. The Morgan fingerprint density at radius 3 is 2.70 bits per heavy atom. The Kier molecular flexibility index (Phi) is 2.84. The number of hydrogen-bond acceptors (Lipinski definition) is 4. The van der Waals surface area contributed by atoms with Crippen molar-refractivity contribution in [3.8, 4) is 6.07 Å². The summed E-state index contributed by atoms with van der Waals surface area (Å²) in [6.45, 7) is 2.21. The molecule has 0 rings (SSSR count). The molecule has 0 aromatic heterocycles. The molecule has 0 heterocycles. The van der Waals surface area contributed by atoms with Crippen molar-refractivity contribution in [3.05, 3.63) is 0 Å². The Bertz CT molecular complexity index is 168. The number of nitrogens with zero attached hydrogens (tertiary/aromatic N) is 1. The van der Waals surface area contributed by atoms with E-state index in [9.17, 15) is 4.79 Å². The zero-order valence-corrected chi connectivity index (χ0v) is 5.92. The largest absolute Gasteiger partial charge is 0.462 e. The fourth-order valence-electron chi connectivity index (χ4n) is 0.274. The Morgan fingerprint density at radius 1 is 1.90 bits per heavy atom. The maximum absolute atomic E-state index is 10.2. The molecule has 0 aromatic rings. The SMILES string of the molecule is CC(=O)OC[C@@](C)(O)C#N. The first-order valence-corrected chi connectivity index (χ1v) is 2.75. The Balaban J connectivity index is 3.71. The highest BCUT2D eigenvalue weighted by Gasteiger charge is 2.20. The number of ether oxygens (including phenoxy) is 1. The van der Waals surface area contributed by atoms with Crippen molar-refractivity contribution >= 4 is 5.97 Å². The number of aliphatic hydroxyl groups is 1. The van der Waals surface area contributed by atoms with Crippen LogP contribution in [0.3, 0.4) is 0 Å². The first-order chi connectivity index (χ1) is 4.48. The van der Waals surface area contributed by atoms with Crippen LogP contribution < -0.4 is 0 Å². The molecule has 0 radical (unpaired) electrons. The third kappa shape index (κ3) is 3.87. The summed E-state index contributed by atoms with van der Waals surface area (Å²) in [5.41, 5.74) is -1.56. The lowest BCUT2D eigenvalue weighted by Crippen LogP contribution is -2.29. The molecule has 0 aliphatic rings. The molecule has 0 fully saturated rings. The summed E-state index contributed by atoms with van der Waals surface area (Å²) in [7, 11) is 0. The second kappa shape index (κ2) is 3.18. The summed E-state index contributed by atoms with van der Waals surface area (Å²) >= 11 is 0. The van der Waals surface area contributed by atoms with Crippen molar-refractivity contribution in [1.29, 1.82) is 5.26 Å². The second-order valence-corrected chi connectivity index (χ2v) is 2.17. The molecule has 1 N–H and O–H groups in total. The quantitative estimate of drug-likeness (QED) is 0.430. The van der Waals surface area contributed by atoms with E-state index >= 15 is 0 Å². The molecule has 0 aliphatic heterocycles. The minimum absolute atomic E-state index is 0.279. The summed E-state index contributed by atoms with van der Waals surface area (Å²) in [6.07, 6.45) is 0. The van der Waals surface area contributed by atoms with Crippen molar-refractivity contribution in [3.63, 3.8) is 0 Å². The van der Waals surface area contributed by atoms with E-state index < -0.39 is 11.6 Å². The summed E-state index contributed by atoms with van der Waals surface area (Å²) in [4.78, 5) is 10.2. The highest BCUT2D eigenvalue weighted by Crippen LogP contribution is 2.00. The fraction of sp³-hybridized carbons (Fsp3) is 0.667. The van der Waals surface area contributed by atoms with Gasteiger partial charge in [0.05, 0.1) is 0 Å². The van der Waals surface area contributed by atoms with Gasteiger partial charge in [0.1, 0.15) is 12.7 Å². The van der Waals surface area contributed by atoms with E-state index in [1.807, 2.05) is 0 Å². The predicted octanol–water partition coefficient (Wildman–Crippen LogP) is -0.176. The first-order valence-electron chi connectivity index (χ1n) is 2.75. The minimum atomic E-state index is -1.56. The van der Waals surface area contributed by atoms with Crippen LogP contribution in [0.1, 0.15) is 13.8 Å². The normalized spacial score (nSPS) is 15.0. The van der Waals surface area contributed by atoms with E-state index in [4.69, 9.17) is 10.4 Å². The molecule has 0 spiro atoms. The van der Waals surface area contributed by atoms with E-state index in [1.54, 1.807) is 6.07 Å². The summed E-state index contributed by atoms with van der Waals surface area (Å²) < 4.78 is 4.39. The zero-order valence-electron chi connectivity index (χ0n) is 5.92. The number of rotatable bonds is 2. The third-order valence-corrected chi connectivity index (χ3v) is 0.797. The monoisotopic (exact) mass is 143 g/mol. The van der Waals surface area contributed by atoms with Crippen molar-refractivity contribution in [2.75, 3.05) is 6.61 Å². The van der Waals surface area contributed by atoms with Crippen LogP contribution in [-0.2, 0) is 9.53 Å². The van der Waals surface area contributed by atoms with Gasteiger partial charge in [-0.05, 0) is 6.92 Å². The molecule has 0 aromatic carbocycles. The van der Waals surface area contributed by atoms with Gasteiger partial charge in [-0.1, -0.05) is 0 Å². The first kappa shape index (κ1) is 8.92. The van der Waals surface area contributed by atoms with Gasteiger partial charge in [-0.15, -0.1) is 0 Å². The van der Waals surface area contributed by atoms with Crippen molar-refractivity contribution in [2.24, 2.45) is 0 Å². The molecule has 4 nitrogen and oxygen atoms in total. The van der Waals surface area contributed by atoms with E-state index in [0.29, 0.717) is 0 Å². The van der Waals surface area contributed by atoms with Gasteiger partial charge < -0.3 is 9.84 Å². The number of carbonyl (C=O) groups excluding carboxylic acids is 1. The van der Waals surface area contributed by atoms with Gasteiger partial charge in [-0.2, -0.15) is 5.26 Å². The van der Waals surface area contributed by atoms with Gasteiger partial charge in [0, 0.05) is 6.92 Å². The lowest BCUT2D eigenvalue weighted by molar-refractivity contribution is -0.145. The minimum Gasteiger partial charge on any atom is -0.462 e. The third-order valence-electron chi connectivity index (χ3n) is 0.797. The van der Waals surface area contributed by atoms with Gasteiger partial charge in [0.2, 0.25) is 0 Å². The number of carbonyl (C=O) groups is 1. The fourth-order valence-corrected chi connectivity index (χ4v) is 0.274. The molecular formula is C6H9NO3. The maximum atomic E-state index is 10.2. The topological polar surface area (TPSA) is 70.3 Å². The Hall–Kier alpha value is -1.08. The van der Waals surface area contributed by atoms with Crippen LogP contribution in [0.15, 0.2) is 0 Å². The van der Waals surface area contributed by atoms with Crippen LogP contribution in [0.2, 0.25) is 0 Å². The lowest BCUT2D eigenvalue weighted by atomic mass is 10.1. The zero-order chi connectivity index (χ0) is 8.20. The average molecular weight is 143 g/mol. The molecule has 0 aliphatic carbocycles. The number of hydrogen-bond donors (Lipinski definition) is 1. The van der Waals surface area contributed by atoms with E-state index in [-0.39, 0.29) is 6.61 Å². The van der Waals surface area contributed by atoms with Crippen LogP contribution in [0.25, 0.3) is 0 Å². The molecule has 0 unspecified atom stereocenters. The van der Waals surface area contributed by atoms with Crippen LogP contribution in [0, 0.1) is 11.3 Å². The maximum Gasteiger partial charge on any atom is 0.302 e. The number of esters is 1. The van der Waals surface area contributed by atoms with Gasteiger partial charge in [0.15, 0.2) is 5.60 Å². The summed E-state index contributed by atoms with van der Waals surface area (Å²) in [5.74, 6) is -0.504. The highest BCUT2D eigenvalue weighted by atomic mass is 16.5. The molecule has 0 saturated carbocycles. The summed E-state index contributed by atoms with van der Waals surface area (Å²) in [6, 6.07) is 1.58. The van der Waals surface area contributed by atoms with E-state index in [1.165, 1.54) is 13.8 Å². The van der Waals surface area contributed by atoms with Gasteiger partial charge in [-0.3, -0.25) is 4.79 Å². The van der Waals surface area contributed by atoms with Crippen molar-refractivity contribution < 1.29 is 14.6 Å². The molecular weight excluding hydrogens is 134 g/mol. The van der Waals surface area contributed by atoms with Crippen molar-refractivity contribution in [1.82, 2.24) is 0 Å². The van der Waals surface area contributed by atoms with Crippen LogP contribution in [-0.4, -0.2) is 23.3 Å². The van der Waals surface area contributed by atoms with E-state index in [0.717, 1.165) is 0 Å². The molecule has 10 heavy (non-hydrogen) atoms. The smallest absolute Gasteiger partial charge is 0.302 e. The number of nitriles is 1. The Morgan fingerprint density at radius 2 is 2.40 bits per heavy atom. The van der Waals surface area contributed by atoms with Crippen LogP contribution >= 0.6 is 0 Å². The summed E-state index contributed by atoms with van der Waals surface area (Å²) in [5, 5.41) is 17.1. The lowest BCUT2D eigenvalue weighted by Gasteiger charge is -2.12. The van der Waals surface area contributed by atoms with Crippen molar-refractivity contribution in [2.45, 2.75) is 19.4 Å². The molecule has 0 saturated heterocycles. The van der Waals surface area contributed by atoms with Gasteiger partial charge >= 0.3 is 5.97 Å². The molecule has 4 heteroatoms. The molecule has 56 valence electrons. The van der Waals surface area contributed by atoms with Crippen LogP contribution in [0.4, 0.5) is 0 Å². The predicted molar refractivity (Wildman–Crippen MR) is 32.9 cm³/mol. The standard InChI is InChI=1S/C6H9NO3/c1-5(8)10-4-6(2,9)3-7/h9H,4H2,1-2H3/t6-/m0/s1.